The molecule has 0 spiro atoms. The number of hydrogen-bond donors (Lipinski definition) is 1. The molecule has 1 N–H and O–H groups in total. The minimum atomic E-state index is -0.116. The average Bonchev–Trinajstić information content (AvgIpc) is 3.53. The molecule has 0 radical (unpaired) electrons. The number of nitrogens with zero attached hydrogens (tertiary/aromatic N) is 3. The van der Waals surface area contributed by atoms with Crippen LogP contribution in [-0.4, -0.2) is 20.8 Å². The minimum Gasteiger partial charge on any atom is -0.491 e. The Morgan fingerprint density at radius 1 is 0.838 bits per heavy atom. The molecule has 0 unspecified atom stereocenters. The number of nitrogens with one attached hydrogen (secondary N) is 1. The van der Waals surface area contributed by atoms with Gasteiger partial charge in [0.2, 0.25) is 0 Å². The predicted molar refractivity (Wildman–Crippen MR) is 153 cm³/mol. The van der Waals surface area contributed by atoms with E-state index in [0.717, 1.165) is 28.5 Å². The van der Waals surface area contributed by atoms with Crippen LogP contribution in [-0.2, 0) is 0 Å². The first-order valence-electron chi connectivity index (χ1n) is 12.5. The van der Waals surface area contributed by atoms with E-state index >= 15 is 0 Å². The van der Waals surface area contributed by atoms with Gasteiger partial charge < -0.3 is 19.5 Å². The summed E-state index contributed by atoms with van der Waals surface area (Å²) in [6.45, 7) is 4.06. The topological polar surface area (TPSA) is 42.3 Å². The molecule has 1 saturated heterocycles. The molecule has 0 amide bonds. The molecule has 2 aromatic heterocycles. The van der Waals surface area contributed by atoms with Crippen LogP contribution in [0.3, 0.4) is 0 Å². The van der Waals surface area contributed by atoms with E-state index < -0.39 is 0 Å². The van der Waals surface area contributed by atoms with Crippen molar-refractivity contribution >= 4 is 33.8 Å². The quantitative estimate of drug-likeness (QED) is 0.253. The zero-order valence-electron chi connectivity index (χ0n) is 20.8. The van der Waals surface area contributed by atoms with E-state index in [4.69, 9.17) is 21.9 Å². The molecule has 1 fully saturated rings. The average molecular weight is 505 g/mol. The van der Waals surface area contributed by atoms with Gasteiger partial charge in [0.1, 0.15) is 11.8 Å². The molecule has 6 heteroatoms. The van der Waals surface area contributed by atoms with Gasteiger partial charge in [0.15, 0.2) is 5.11 Å². The van der Waals surface area contributed by atoms with Gasteiger partial charge in [-0.25, -0.2) is 0 Å². The summed E-state index contributed by atoms with van der Waals surface area (Å²) in [5.74, 6) is 0.842. The summed E-state index contributed by atoms with van der Waals surface area (Å²) in [5.41, 5.74) is 4.18. The van der Waals surface area contributed by atoms with Crippen molar-refractivity contribution < 1.29 is 4.74 Å². The highest BCUT2D eigenvalue weighted by atomic mass is 32.1. The summed E-state index contributed by atoms with van der Waals surface area (Å²) in [4.78, 5) is 6.89. The zero-order valence-corrected chi connectivity index (χ0v) is 21.6. The molecular weight excluding hydrogens is 476 g/mol. The molecule has 184 valence electrons. The van der Waals surface area contributed by atoms with Crippen molar-refractivity contribution in [2.75, 3.05) is 4.90 Å². The lowest BCUT2D eigenvalue weighted by atomic mass is 10.0. The molecule has 3 aromatic carbocycles. The molecule has 2 atom stereocenters. The van der Waals surface area contributed by atoms with E-state index in [1.54, 1.807) is 0 Å². The number of rotatable bonds is 6. The first-order chi connectivity index (χ1) is 18.1. The fourth-order valence-corrected chi connectivity index (χ4v) is 5.43. The highest BCUT2D eigenvalue weighted by Crippen LogP contribution is 2.42. The van der Waals surface area contributed by atoms with Crippen LogP contribution >= 0.6 is 12.2 Å². The van der Waals surface area contributed by atoms with Gasteiger partial charge in [-0.05, 0) is 97.5 Å². The van der Waals surface area contributed by atoms with Crippen molar-refractivity contribution in [1.29, 1.82) is 0 Å². The maximum absolute atomic E-state index is 5.92. The van der Waals surface area contributed by atoms with Crippen LogP contribution in [0.5, 0.6) is 5.75 Å². The van der Waals surface area contributed by atoms with Crippen LogP contribution in [0.2, 0.25) is 0 Å². The second kappa shape index (κ2) is 9.71. The van der Waals surface area contributed by atoms with Crippen LogP contribution in [0.25, 0.3) is 16.5 Å². The van der Waals surface area contributed by atoms with Crippen molar-refractivity contribution in [3.8, 4) is 11.4 Å². The van der Waals surface area contributed by atoms with Crippen molar-refractivity contribution in [3.05, 3.63) is 121 Å². The van der Waals surface area contributed by atoms with Gasteiger partial charge in [-0.3, -0.25) is 4.98 Å². The van der Waals surface area contributed by atoms with Gasteiger partial charge in [0, 0.05) is 29.5 Å². The van der Waals surface area contributed by atoms with Crippen molar-refractivity contribution in [3.63, 3.8) is 0 Å². The Morgan fingerprint density at radius 2 is 1.59 bits per heavy atom. The number of benzene rings is 3. The summed E-state index contributed by atoms with van der Waals surface area (Å²) < 4.78 is 8.14. The van der Waals surface area contributed by atoms with Gasteiger partial charge in [-0.15, -0.1) is 0 Å². The standard InChI is InChI=1S/C31H28N4OS/c1-21(2)36-26-16-14-24(15-17-26)35-30(29(33-31(35)37)27-10-5-6-18-32-27)28-11-7-19-34(28)25-13-12-22-8-3-4-9-23(22)20-25/h3-21,29-30H,1-2H3,(H,33,37)/t29-,30-/m0/s1. The normalized spacial score (nSPS) is 17.4. The number of fused-ring (bicyclic) bond motifs is 1. The third-order valence-corrected chi connectivity index (χ3v) is 6.99. The minimum absolute atomic E-state index is 0.110. The highest BCUT2D eigenvalue weighted by molar-refractivity contribution is 7.80. The maximum atomic E-state index is 5.92. The molecule has 37 heavy (non-hydrogen) atoms. The van der Waals surface area contributed by atoms with Crippen molar-refractivity contribution in [2.24, 2.45) is 0 Å². The molecule has 5 nitrogen and oxygen atoms in total. The monoisotopic (exact) mass is 504 g/mol. The number of pyridine rings is 1. The summed E-state index contributed by atoms with van der Waals surface area (Å²) >= 11 is 5.92. The van der Waals surface area contributed by atoms with Gasteiger partial charge in [-0.2, -0.15) is 0 Å². The molecule has 3 heterocycles. The Hall–Kier alpha value is -4.16. The number of thiocarbonyl (C=S) groups is 1. The van der Waals surface area contributed by atoms with E-state index in [-0.39, 0.29) is 18.2 Å². The number of aromatic nitrogens is 2. The van der Waals surface area contributed by atoms with E-state index in [0.29, 0.717) is 5.11 Å². The smallest absolute Gasteiger partial charge is 0.174 e. The van der Waals surface area contributed by atoms with E-state index in [1.807, 2.05) is 44.3 Å². The lowest BCUT2D eigenvalue weighted by molar-refractivity contribution is 0.242. The number of ether oxygens (including phenoxy) is 1. The van der Waals surface area contributed by atoms with Crippen LogP contribution in [0, 0.1) is 0 Å². The number of anilines is 1. The van der Waals surface area contributed by atoms with Crippen LogP contribution in [0.15, 0.2) is 109 Å². The summed E-state index contributed by atoms with van der Waals surface area (Å²) in [5, 5.41) is 6.66. The van der Waals surface area contributed by atoms with Crippen LogP contribution in [0.1, 0.15) is 37.3 Å². The Morgan fingerprint density at radius 3 is 2.35 bits per heavy atom. The first-order valence-corrected chi connectivity index (χ1v) is 12.9. The lowest BCUT2D eigenvalue weighted by Gasteiger charge is -2.29. The molecule has 0 aliphatic carbocycles. The van der Waals surface area contributed by atoms with Crippen LogP contribution < -0.4 is 15.0 Å². The van der Waals surface area contributed by atoms with Crippen molar-refractivity contribution in [2.45, 2.75) is 32.0 Å². The van der Waals surface area contributed by atoms with Gasteiger partial charge in [-0.1, -0.05) is 36.4 Å². The fraction of sp³-hybridized carbons (Fsp3) is 0.161. The number of hydrogen-bond acceptors (Lipinski definition) is 3. The Kier molecular flexibility index (Phi) is 6.10. The van der Waals surface area contributed by atoms with E-state index in [2.05, 4.69) is 93.8 Å². The maximum Gasteiger partial charge on any atom is 0.174 e. The summed E-state index contributed by atoms with van der Waals surface area (Å²) in [7, 11) is 0. The third-order valence-electron chi connectivity index (χ3n) is 6.68. The highest BCUT2D eigenvalue weighted by Gasteiger charge is 2.42. The fourth-order valence-electron chi connectivity index (χ4n) is 5.09. The van der Waals surface area contributed by atoms with Gasteiger partial charge in [0.05, 0.1) is 17.8 Å². The molecule has 1 aliphatic rings. The lowest BCUT2D eigenvalue weighted by Crippen LogP contribution is -2.30. The van der Waals surface area contributed by atoms with Gasteiger partial charge >= 0.3 is 0 Å². The second-order valence-electron chi connectivity index (χ2n) is 9.49. The second-order valence-corrected chi connectivity index (χ2v) is 9.88. The zero-order chi connectivity index (χ0) is 25.4. The molecule has 0 bridgehead atoms. The SMILES string of the molecule is CC(C)Oc1ccc(N2C(=S)N[C@@H](c3ccccn3)[C@@H]2c2cccn2-c2ccc3ccccc3c2)cc1. The molecular formula is C31H28N4OS. The Labute approximate surface area is 222 Å². The molecule has 0 saturated carbocycles. The van der Waals surface area contributed by atoms with E-state index in [9.17, 15) is 0 Å². The van der Waals surface area contributed by atoms with Crippen LogP contribution in [0.4, 0.5) is 5.69 Å². The third kappa shape index (κ3) is 4.45. The van der Waals surface area contributed by atoms with E-state index in [1.165, 1.54) is 10.8 Å². The molecule has 1 aliphatic heterocycles. The predicted octanol–water partition coefficient (Wildman–Crippen LogP) is 6.99. The Bertz CT molecular complexity index is 1540. The van der Waals surface area contributed by atoms with Gasteiger partial charge in [0.25, 0.3) is 0 Å². The molecule has 5 aromatic rings. The largest absolute Gasteiger partial charge is 0.491 e. The summed E-state index contributed by atoms with van der Waals surface area (Å²) in [6, 6.07) is 33.2. The Balaban J connectivity index is 1.46. The summed E-state index contributed by atoms with van der Waals surface area (Å²) in [6.07, 6.45) is 4.07. The molecule has 6 rings (SSSR count). The van der Waals surface area contributed by atoms with Crippen molar-refractivity contribution in [1.82, 2.24) is 14.9 Å². The first kappa shape index (κ1) is 23.3.